The van der Waals surface area contributed by atoms with E-state index in [4.69, 9.17) is 0 Å². The molecular formula is C8H7NO5. The zero-order valence-corrected chi connectivity index (χ0v) is 7.08. The van der Waals surface area contributed by atoms with Crippen molar-refractivity contribution in [1.29, 1.82) is 0 Å². The summed E-state index contributed by atoms with van der Waals surface area (Å²) >= 11 is 0. The number of nitrogens with zero attached hydrogens (tertiary/aromatic N) is 1. The van der Waals surface area contributed by atoms with Crippen LogP contribution in [0, 0.1) is 22.0 Å². The van der Waals surface area contributed by atoms with Crippen molar-refractivity contribution in [3.8, 4) is 0 Å². The largest absolute Gasteiger partial charge is 0.392 e. The van der Waals surface area contributed by atoms with Crippen molar-refractivity contribution >= 4 is 11.9 Å². The van der Waals surface area contributed by atoms with Crippen LogP contribution in [0.2, 0.25) is 0 Å². The molecule has 3 unspecified atom stereocenters. The van der Waals surface area contributed by atoms with E-state index in [1.54, 1.807) is 6.08 Å². The Bertz CT molecular complexity index is 348. The van der Waals surface area contributed by atoms with Crippen molar-refractivity contribution in [3.63, 3.8) is 0 Å². The molecule has 2 rings (SSSR count). The fourth-order valence-electron chi connectivity index (χ4n) is 1.85. The van der Waals surface area contributed by atoms with Gasteiger partial charge in [0.2, 0.25) is 6.04 Å². The van der Waals surface area contributed by atoms with Gasteiger partial charge in [0, 0.05) is 11.3 Å². The molecule has 1 aliphatic carbocycles. The first-order chi connectivity index (χ1) is 6.61. The maximum atomic E-state index is 11.2. The molecule has 3 atom stereocenters. The van der Waals surface area contributed by atoms with Crippen molar-refractivity contribution in [3.05, 3.63) is 22.3 Å². The van der Waals surface area contributed by atoms with E-state index in [9.17, 15) is 19.7 Å². The summed E-state index contributed by atoms with van der Waals surface area (Å²) in [5, 5.41) is 10.6. The lowest BCUT2D eigenvalue weighted by Gasteiger charge is -2.17. The van der Waals surface area contributed by atoms with Crippen LogP contribution in [0.5, 0.6) is 0 Å². The molecule has 0 spiro atoms. The summed E-state index contributed by atoms with van der Waals surface area (Å²) in [4.78, 5) is 32.3. The number of cyclic esters (lactones) is 2. The summed E-state index contributed by atoms with van der Waals surface area (Å²) in [6.07, 6.45) is 3.24. The van der Waals surface area contributed by atoms with Gasteiger partial charge in [-0.25, -0.2) is 0 Å². The van der Waals surface area contributed by atoms with E-state index < -0.39 is 34.7 Å². The van der Waals surface area contributed by atoms with E-state index in [2.05, 4.69) is 4.74 Å². The second-order valence-corrected chi connectivity index (χ2v) is 3.31. The van der Waals surface area contributed by atoms with Gasteiger partial charge in [0.05, 0.1) is 5.92 Å². The Labute approximate surface area is 78.7 Å². The highest BCUT2D eigenvalue weighted by molar-refractivity contribution is 5.98. The zero-order chi connectivity index (χ0) is 10.3. The quantitative estimate of drug-likeness (QED) is 0.193. The third-order valence-electron chi connectivity index (χ3n) is 2.54. The van der Waals surface area contributed by atoms with Crippen molar-refractivity contribution in [2.75, 3.05) is 0 Å². The van der Waals surface area contributed by atoms with Crippen LogP contribution in [-0.2, 0) is 14.3 Å². The van der Waals surface area contributed by atoms with Gasteiger partial charge in [0.15, 0.2) is 0 Å². The SMILES string of the molecule is O=C1OC(=O)C2C1C=CCC2[N+](=O)[O-]. The average molecular weight is 197 g/mol. The number of fused-ring (bicyclic) bond motifs is 1. The predicted octanol–water partition coefficient (Wildman–Crippen LogP) is -0.0926. The van der Waals surface area contributed by atoms with Crippen LogP contribution in [0.25, 0.3) is 0 Å². The van der Waals surface area contributed by atoms with Crippen LogP contribution < -0.4 is 0 Å². The van der Waals surface area contributed by atoms with Gasteiger partial charge in [-0.2, -0.15) is 0 Å². The van der Waals surface area contributed by atoms with Crippen LogP contribution in [0.1, 0.15) is 6.42 Å². The Kier molecular flexibility index (Phi) is 1.83. The number of ether oxygens (including phenoxy) is 1. The number of hydrogen-bond donors (Lipinski definition) is 0. The second-order valence-electron chi connectivity index (χ2n) is 3.31. The minimum absolute atomic E-state index is 0.177. The molecule has 6 heteroatoms. The monoisotopic (exact) mass is 197 g/mol. The number of rotatable bonds is 1. The maximum Gasteiger partial charge on any atom is 0.324 e. The molecular weight excluding hydrogens is 190 g/mol. The topological polar surface area (TPSA) is 86.5 Å². The highest BCUT2D eigenvalue weighted by atomic mass is 16.6. The van der Waals surface area contributed by atoms with E-state index in [-0.39, 0.29) is 6.42 Å². The van der Waals surface area contributed by atoms with Gasteiger partial charge in [0.1, 0.15) is 5.92 Å². The first-order valence-corrected chi connectivity index (χ1v) is 4.17. The molecule has 0 aromatic rings. The molecule has 14 heavy (non-hydrogen) atoms. The van der Waals surface area contributed by atoms with Gasteiger partial charge in [-0.3, -0.25) is 19.7 Å². The number of hydrogen-bond acceptors (Lipinski definition) is 5. The Morgan fingerprint density at radius 1 is 1.43 bits per heavy atom. The molecule has 0 N–H and O–H groups in total. The number of carbonyl (C=O) groups excluding carboxylic acids is 2. The molecule has 0 amide bonds. The van der Waals surface area contributed by atoms with Gasteiger partial charge in [-0.15, -0.1) is 0 Å². The molecule has 1 saturated heterocycles. The van der Waals surface area contributed by atoms with E-state index >= 15 is 0 Å². The van der Waals surface area contributed by atoms with Crippen LogP contribution >= 0.6 is 0 Å². The summed E-state index contributed by atoms with van der Waals surface area (Å²) in [5.41, 5.74) is 0. The molecule has 1 heterocycles. The van der Waals surface area contributed by atoms with Gasteiger partial charge in [-0.1, -0.05) is 12.2 Å². The first kappa shape index (κ1) is 8.86. The molecule has 6 nitrogen and oxygen atoms in total. The summed E-state index contributed by atoms with van der Waals surface area (Å²) in [6.45, 7) is 0. The highest BCUT2D eigenvalue weighted by Gasteiger charge is 2.53. The Balaban J connectivity index is 2.35. The van der Waals surface area contributed by atoms with E-state index in [1.807, 2.05) is 0 Å². The number of carbonyl (C=O) groups is 2. The smallest absolute Gasteiger partial charge is 0.324 e. The van der Waals surface area contributed by atoms with Gasteiger partial charge >= 0.3 is 11.9 Å². The molecule has 0 aromatic carbocycles. The molecule has 74 valence electrons. The fourth-order valence-corrected chi connectivity index (χ4v) is 1.85. The average Bonchev–Trinajstić information content (AvgIpc) is 2.43. The minimum Gasteiger partial charge on any atom is -0.392 e. The van der Waals surface area contributed by atoms with Crippen LogP contribution in [0.15, 0.2) is 12.2 Å². The second kappa shape index (κ2) is 2.90. The van der Waals surface area contributed by atoms with Crippen LogP contribution in [-0.4, -0.2) is 22.9 Å². The molecule has 1 aliphatic heterocycles. The molecule has 0 saturated carbocycles. The Hall–Kier alpha value is -1.72. The molecule has 1 fully saturated rings. The summed E-state index contributed by atoms with van der Waals surface area (Å²) < 4.78 is 4.36. The maximum absolute atomic E-state index is 11.2. The van der Waals surface area contributed by atoms with Gasteiger partial charge in [0.25, 0.3) is 0 Å². The zero-order valence-electron chi connectivity index (χ0n) is 7.08. The molecule has 2 aliphatic rings. The third-order valence-corrected chi connectivity index (χ3v) is 2.54. The highest BCUT2D eigenvalue weighted by Crippen LogP contribution is 2.33. The Morgan fingerprint density at radius 2 is 2.14 bits per heavy atom. The van der Waals surface area contributed by atoms with Crippen LogP contribution in [0.4, 0.5) is 0 Å². The summed E-state index contributed by atoms with van der Waals surface area (Å²) in [6, 6.07) is -1.02. The Morgan fingerprint density at radius 3 is 2.79 bits per heavy atom. The fraction of sp³-hybridized carbons (Fsp3) is 0.500. The number of esters is 2. The lowest BCUT2D eigenvalue weighted by molar-refractivity contribution is -0.529. The van der Waals surface area contributed by atoms with Crippen molar-refractivity contribution in [2.45, 2.75) is 12.5 Å². The standard InChI is InChI=1S/C8H7NO5/c10-7-4-2-1-3-5(9(12)13)6(4)8(11)14-7/h1-2,4-6H,3H2. The lowest BCUT2D eigenvalue weighted by atomic mass is 9.82. The molecule has 0 aromatic heterocycles. The van der Waals surface area contributed by atoms with Gasteiger partial charge in [-0.05, 0) is 0 Å². The summed E-state index contributed by atoms with van der Waals surface area (Å²) in [5.74, 6) is -3.14. The predicted molar refractivity (Wildman–Crippen MR) is 42.6 cm³/mol. The third kappa shape index (κ3) is 1.11. The van der Waals surface area contributed by atoms with Crippen molar-refractivity contribution < 1.29 is 19.2 Å². The molecule has 0 bridgehead atoms. The minimum atomic E-state index is -1.02. The van der Waals surface area contributed by atoms with E-state index in [0.717, 1.165) is 0 Å². The normalized spacial score (nSPS) is 35.3. The van der Waals surface area contributed by atoms with E-state index in [0.29, 0.717) is 0 Å². The summed E-state index contributed by atoms with van der Waals surface area (Å²) in [7, 11) is 0. The van der Waals surface area contributed by atoms with Gasteiger partial charge < -0.3 is 4.74 Å². The van der Waals surface area contributed by atoms with Crippen LogP contribution in [0.3, 0.4) is 0 Å². The number of nitro groups is 1. The van der Waals surface area contributed by atoms with Crippen molar-refractivity contribution in [2.24, 2.45) is 11.8 Å². The lowest BCUT2D eigenvalue weighted by Crippen LogP contribution is -2.37. The van der Waals surface area contributed by atoms with E-state index in [1.165, 1.54) is 6.08 Å². The van der Waals surface area contributed by atoms with Crippen molar-refractivity contribution in [1.82, 2.24) is 0 Å². The first-order valence-electron chi connectivity index (χ1n) is 4.17. The molecule has 0 radical (unpaired) electrons.